The number of nitrogens with one attached hydrogen (secondary N) is 2. The summed E-state index contributed by atoms with van der Waals surface area (Å²) >= 11 is 0. The van der Waals surface area contributed by atoms with Crippen molar-refractivity contribution in [3.05, 3.63) is 29.8 Å². The van der Waals surface area contributed by atoms with Crippen LogP contribution in [-0.4, -0.2) is 49.6 Å². The van der Waals surface area contributed by atoms with Gasteiger partial charge in [-0.15, -0.1) is 24.0 Å². The minimum atomic E-state index is 0. The molecule has 0 spiro atoms. The first kappa shape index (κ1) is 23.5. The van der Waals surface area contributed by atoms with Gasteiger partial charge in [-0.3, -0.25) is 4.79 Å². The zero-order valence-corrected chi connectivity index (χ0v) is 19.0. The van der Waals surface area contributed by atoms with E-state index in [4.69, 9.17) is 4.74 Å². The summed E-state index contributed by atoms with van der Waals surface area (Å²) < 4.78 is 5.89. The van der Waals surface area contributed by atoms with Gasteiger partial charge in [-0.2, -0.15) is 0 Å². The van der Waals surface area contributed by atoms with E-state index in [0.29, 0.717) is 25.0 Å². The van der Waals surface area contributed by atoms with E-state index in [-0.39, 0.29) is 36.4 Å². The molecule has 1 heterocycles. The standard InChI is InChI=1S/C20H32N4O2.HI/c1-4-21-20(23-14-19(25)24-11-7-8-12-24)22-13-17-9-5-6-10-18(17)26-15-16(2)3;/h5-6,9-10,16H,4,7-8,11-15H2,1-3H3,(H2,21,22,23);1H. The lowest BCUT2D eigenvalue weighted by atomic mass is 10.2. The summed E-state index contributed by atoms with van der Waals surface area (Å²) in [5, 5.41) is 6.34. The van der Waals surface area contributed by atoms with Crippen molar-refractivity contribution in [3.8, 4) is 5.75 Å². The van der Waals surface area contributed by atoms with Gasteiger partial charge in [0.05, 0.1) is 19.7 Å². The second kappa shape index (κ2) is 12.8. The van der Waals surface area contributed by atoms with Gasteiger partial charge < -0.3 is 20.3 Å². The monoisotopic (exact) mass is 488 g/mol. The molecule has 0 aromatic heterocycles. The maximum Gasteiger partial charge on any atom is 0.241 e. The fraction of sp³-hybridized carbons (Fsp3) is 0.600. The molecule has 1 saturated heterocycles. The lowest BCUT2D eigenvalue weighted by Crippen LogP contribution is -2.44. The van der Waals surface area contributed by atoms with Crippen LogP contribution in [0.25, 0.3) is 0 Å². The van der Waals surface area contributed by atoms with Crippen LogP contribution in [0.15, 0.2) is 29.3 Å². The Hall–Kier alpha value is -1.51. The molecule has 0 bridgehead atoms. The van der Waals surface area contributed by atoms with Crippen molar-refractivity contribution in [2.75, 3.05) is 32.8 Å². The highest BCUT2D eigenvalue weighted by Crippen LogP contribution is 2.19. The van der Waals surface area contributed by atoms with Crippen LogP contribution in [0.5, 0.6) is 5.75 Å². The molecule has 2 rings (SSSR count). The molecule has 1 amide bonds. The summed E-state index contributed by atoms with van der Waals surface area (Å²) in [6.07, 6.45) is 2.21. The first-order chi connectivity index (χ1) is 12.6. The molecule has 0 unspecified atom stereocenters. The van der Waals surface area contributed by atoms with Crippen LogP contribution in [0.4, 0.5) is 0 Å². The lowest BCUT2D eigenvalue weighted by molar-refractivity contribution is -0.128. The maximum atomic E-state index is 12.2. The van der Waals surface area contributed by atoms with E-state index in [9.17, 15) is 4.79 Å². The average Bonchev–Trinajstić information content (AvgIpc) is 3.17. The highest BCUT2D eigenvalue weighted by molar-refractivity contribution is 14.0. The Morgan fingerprint density at radius 3 is 2.59 bits per heavy atom. The van der Waals surface area contributed by atoms with Gasteiger partial charge in [-0.25, -0.2) is 4.99 Å². The molecular weight excluding hydrogens is 455 g/mol. The molecule has 2 N–H and O–H groups in total. The zero-order chi connectivity index (χ0) is 18.8. The normalized spacial score (nSPS) is 14.1. The van der Waals surface area contributed by atoms with Gasteiger partial charge in [-0.05, 0) is 31.7 Å². The molecule has 1 aliphatic rings. The molecule has 1 aromatic rings. The molecule has 7 heteroatoms. The summed E-state index contributed by atoms with van der Waals surface area (Å²) in [6.45, 7) is 10.2. The predicted molar refractivity (Wildman–Crippen MR) is 121 cm³/mol. The summed E-state index contributed by atoms with van der Waals surface area (Å²) in [5.41, 5.74) is 1.04. The van der Waals surface area contributed by atoms with Crippen LogP contribution >= 0.6 is 24.0 Å². The van der Waals surface area contributed by atoms with Crippen LogP contribution in [-0.2, 0) is 11.3 Å². The van der Waals surface area contributed by atoms with Crippen LogP contribution in [0.3, 0.4) is 0 Å². The Balaban J connectivity index is 0.00000364. The molecule has 1 aromatic carbocycles. The molecular formula is C20H33IN4O2. The summed E-state index contributed by atoms with van der Waals surface area (Å²) in [5.74, 6) is 2.13. The van der Waals surface area contributed by atoms with E-state index in [1.807, 2.05) is 36.1 Å². The Bertz CT molecular complexity index is 601. The zero-order valence-electron chi connectivity index (χ0n) is 16.7. The first-order valence-corrected chi connectivity index (χ1v) is 9.60. The van der Waals surface area contributed by atoms with E-state index in [2.05, 4.69) is 29.5 Å². The van der Waals surface area contributed by atoms with Crippen LogP contribution in [0, 0.1) is 5.92 Å². The molecule has 1 aliphatic heterocycles. The number of benzene rings is 1. The van der Waals surface area contributed by atoms with Gasteiger partial charge in [0.25, 0.3) is 0 Å². The fourth-order valence-electron chi connectivity index (χ4n) is 2.78. The predicted octanol–water partition coefficient (Wildman–Crippen LogP) is 3.02. The summed E-state index contributed by atoms with van der Waals surface area (Å²) in [7, 11) is 0. The van der Waals surface area contributed by atoms with Crippen LogP contribution in [0.1, 0.15) is 39.2 Å². The lowest BCUT2D eigenvalue weighted by Gasteiger charge is -2.17. The topological polar surface area (TPSA) is 66.0 Å². The van der Waals surface area contributed by atoms with Crippen molar-refractivity contribution >= 4 is 35.8 Å². The Kier molecular flexibility index (Phi) is 11.2. The highest BCUT2D eigenvalue weighted by atomic mass is 127. The fourth-order valence-corrected chi connectivity index (χ4v) is 2.78. The van der Waals surface area contributed by atoms with Crippen molar-refractivity contribution in [1.82, 2.24) is 15.5 Å². The Labute approximate surface area is 180 Å². The van der Waals surface area contributed by atoms with E-state index >= 15 is 0 Å². The molecule has 0 radical (unpaired) electrons. The molecule has 6 nitrogen and oxygen atoms in total. The molecule has 152 valence electrons. The van der Waals surface area contributed by atoms with E-state index < -0.39 is 0 Å². The maximum absolute atomic E-state index is 12.2. The summed E-state index contributed by atoms with van der Waals surface area (Å²) in [6, 6.07) is 7.97. The quantitative estimate of drug-likeness (QED) is 0.336. The number of guanidine groups is 1. The van der Waals surface area contributed by atoms with Crippen molar-refractivity contribution in [2.45, 2.75) is 40.2 Å². The van der Waals surface area contributed by atoms with E-state index in [1.165, 1.54) is 0 Å². The number of carbonyl (C=O) groups excluding carboxylic acids is 1. The van der Waals surface area contributed by atoms with Gasteiger partial charge in [0, 0.05) is 25.2 Å². The SMILES string of the molecule is CCNC(=NCc1ccccc1OCC(C)C)NCC(=O)N1CCCC1.I. The Morgan fingerprint density at radius 1 is 1.22 bits per heavy atom. The van der Waals surface area contributed by atoms with Gasteiger partial charge in [-0.1, -0.05) is 32.0 Å². The number of hydrogen-bond donors (Lipinski definition) is 2. The number of ether oxygens (including phenoxy) is 1. The van der Waals surface area contributed by atoms with Crippen molar-refractivity contribution in [1.29, 1.82) is 0 Å². The van der Waals surface area contributed by atoms with E-state index in [0.717, 1.165) is 43.8 Å². The largest absolute Gasteiger partial charge is 0.493 e. The van der Waals surface area contributed by atoms with Crippen molar-refractivity contribution in [3.63, 3.8) is 0 Å². The second-order valence-electron chi connectivity index (χ2n) is 6.95. The van der Waals surface area contributed by atoms with Crippen LogP contribution in [0.2, 0.25) is 0 Å². The number of rotatable bonds is 8. The number of carbonyl (C=O) groups is 1. The third kappa shape index (κ3) is 8.36. The minimum Gasteiger partial charge on any atom is -0.493 e. The number of amides is 1. The number of para-hydroxylation sites is 1. The van der Waals surface area contributed by atoms with E-state index in [1.54, 1.807) is 0 Å². The Morgan fingerprint density at radius 2 is 1.93 bits per heavy atom. The molecule has 0 atom stereocenters. The van der Waals surface area contributed by atoms with Gasteiger partial charge in [0.15, 0.2) is 5.96 Å². The van der Waals surface area contributed by atoms with Gasteiger partial charge >= 0.3 is 0 Å². The number of halogens is 1. The minimum absolute atomic E-state index is 0. The highest BCUT2D eigenvalue weighted by Gasteiger charge is 2.17. The first-order valence-electron chi connectivity index (χ1n) is 9.60. The number of nitrogens with zero attached hydrogens (tertiary/aromatic N) is 2. The summed E-state index contributed by atoms with van der Waals surface area (Å²) in [4.78, 5) is 18.7. The smallest absolute Gasteiger partial charge is 0.241 e. The second-order valence-corrected chi connectivity index (χ2v) is 6.95. The number of aliphatic imine (C=N–C) groups is 1. The molecule has 0 saturated carbocycles. The van der Waals surface area contributed by atoms with Crippen molar-refractivity contribution < 1.29 is 9.53 Å². The number of likely N-dealkylation sites (tertiary alicyclic amines) is 1. The average molecular weight is 488 g/mol. The molecule has 1 fully saturated rings. The van der Waals surface area contributed by atoms with Gasteiger partial charge in [0.2, 0.25) is 5.91 Å². The van der Waals surface area contributed by atoms with Crippen LogP contribution < -0.4 is 15.4 Å². The van der Waals surface area contributed by atoms with Crippen molar-refractivity contribution in [2.24, 2.45) is 10.9 Å². The molecule has 0 aliphatic carbocycles. The number of hydrogen-bond acceptors (Lipinski definition) is 3. The third-order valence-corrected chi connectivity index (χ3v) is 4.16. The third-order valence-electron chi connectivity index (χ3n) is 4.16. The van der Waals surface area contributed by atoms with Gasteiger partial charge in [0.1, 0.15) is 5.75 Å². The molecule has 27 heavy (non-hydrogen) atoms.